The van der Waals surface area contributed by atoms with E-state index in [1.807, 2.05) is 0 Å². The van der Waals surface area contributed by atoms with Gasteiger partial charge in [-0.25, -0.2) is 8.42 Å². The highest BCUT2D eigenvalue weighted by Gasteiger charge is 2.36. The molecule has 1 aliphatic rings. The molecule has 8 nitrogen and oxygen atoms in total. The smallest absolute Gasteiger partial charge is 0.257 e. The Morgan fingerprint density at radius 2 is 1.96 bits per heavy atom. The number of amides is 1. The Kier molecular flexibility index (Phi) is 4.20. The first-order chi connectivity index (χ1) is 11.3. The minimum Gasteiger partial charge on any atom is -0.466 e. The third-order valence-corrected chi connectivity index (χ3v) is 6.59. The molecule has 0 bridgehead atoms. The van der Waals surface area contributed by atoms with E-state index < -0.39 is 15.1 Å². The Hall–Kier alpha value is -2.16. The SMILES string of the molecule is Cc1cc(C(=O)N2CCC(S(=O)(=O)c3nncn3C)CC2)c(C)o1. The van der Waals surface area contributed by atoms with E-state index >= 15 is 0 Å². The van der Waals surface area contributed by atoms with Crippen LogP contribution in [0.3, 0.4) is 0 Å². The number of rotatable bonds is 3. The van der Waals surface area contributed by atoms with Gasteiger partial charge >= 0.3 is 0 Å². The summed E-state index contributed by atoms with van der Waals surface area (Å²) in [5, 5.41) is 6.78. The second-order valence-corrected chi connectivity index (χ2v) is 8.21. The molecular weight excluding hydrogens is 332 g/mol. The number of nitrogens with zero attached hydrogens (tertiary/aromatic N) is 4. The lowest BCUT2D eigenvalue weighted by molar-refractivity contribution is 0.0724. The number of piperidine rings is 1. The molecule has 0 atom stereocenters. The molecule has 24 heavy (non-hydrogen) atoms. The average Bonchev–Trinajstić information content (AvgIpc) is 3.12. The van der Waals surface area contributed by atoms with Crippen LogP contribution in [0.4, 0.5) is 0 Å². The predicted octanol–water partition coefficient (Wildman–Crippen LogP) is 1.10. The van der Waals surface area contributed by atoms with Gasteiger partial charge in [0.2, 0.25) is 15.0 Å². The van der Waals surface area contributed by atoms with E-state index in [1.54, 1.807) is 31.9 Å². The quantitative estimate of drug-likeness (QED) is 0.820. The lowest BCUT2D eigenvalue weighted by atomic mass is 10.1. The van der Waals surface area contributed by atoms with Crippen LogP contribution in [0.25, 0.3) is 0 Å². The molecule has 1 fully saturated rings. The largest absolute Gasteiger partial charge is 0.466 e. The Bertz CT molecular complexity index is 860. The highest BCUT2D eigenvalue weighted by molar-refractivity contribution is 7.91. The van der Waals surface area contributed by atoms with E-state index in [0.717, 1.165) is 0 Å². The lowest BCUT2D eigenvalue weighted by Crippen LogP contribution is -2.43. The lowest BCUT2D eigenvalue weighted by Gasteiger charge is -2.31. The number of furan rings is 1. The van der Waals surface area contributed by atoms with Gasteiger partial charge in [0.25, 0.3) is 5.91 Å². The summed E-state index contributed by atoms with van der Waals surface area (Å²) in [6.45, 7) is 4.34. The molecule has 0 spiro atoms. The number of aromatic nitrogens is 3. The fourth-order valence-electron chi connectivity index (χ4n) is 3.06. The maximum Gasteiger partial charge on any atom is 0.257 e. The predicted molar refractivity (Wildman–Crippen MR) is 85.3 cm³/mol. The van der Waals surface area contributed by atoms with Gasteiger partial charge in [0.05, 0.1) is 10.8 Å². The maximum atomic E-state index is 12.6. The molecule has 3 heterocycles. The number of likely N-dealkylation sites (tertiary alicyclic amines) is 1. The molecule has 0 aromatic carbocycles. The Labute approximate surface area is 140 Å². The van der Waals surface area contributed by atoms with Crippen molar-refractivity contribution in [3.8, 4) is 0 Å². The van der Waals surface area contributed by atoms with Crippen LogP contribution in [0.15, 0.2) is 22.0 Å². The fourth-order valence-corrected chi connectivity index (χ4v) is 4.80. The first kappa shape index (κ1) is 16.7. The molecule has 9 heteroatoms. The van der Waals surface area contributed by atoms with Crippen LogP contribution < -0.4 is 0 Å². The zero-order chi connectivity index (χ0) is 17.5. The maximum absolute atomic E-state index is 12.6. The first-order valence-corrected chi connectivity index (χ1v) is 9.29. The van der Waals surface area contributed by atoms with Crippen molar-refractivity contribution in [2.75, 3.05) is 13.1 Å². The van der Waals surface area contributed by atoms with Gasteiger partial charge in [0.1, 0.15) is 17.8 Å². The van der Waals surface area contributed by atoms with Gasteiger partial charge in [0.15, 0.2) is 0 Å². The number of hydrogen-bond acceptors (Lipinski definition) is 6. The number of carbonyl (C=O) groups excluding carboxylic acids is 1. The third kappa shape index (κ3) is 2.83. The highest BCUT2D eigenvalue weighted by Crippen LogP contribution is 2.25. The van der Waals surface area contributed by atoms with Gasteiger partial charge in [-0.2, -0.15) is 0 Å². The molecular formula is C15H20N4O4S. The molecule has 130 valence electrons. The summed E-state index contributed by atoms with van der Waals surface area (Å²) >= 11 is 0. The summed E-state index contributed by atoms with van der Waals surface area (Å²) < 4.78 is 32.1. The summed E-state index contributed by atoms with van der Waals surface area (Å²) in [7, 11) is -1.93. The van der Waals surface area contributed by atoms with E-state index in [0.29, 0.717) is 43.0 Å². The summed E-state index contributed by atoms with van der Waals surface area (Å²) in [6.07, 6.45) is 2.14. The summed E-state index contributed by atoms with van der Waals surface area (Å²) in [4.78, 5) is 14.2. The van der Waals surface area contributed by atoms with Crippen LogP contribution in [-0.4, -0.2) is 52.3 Å². The second-order valence-electron chi connectivity index (χ2n) is 6.09. The molecule has 0 aliphatic carbocycles. The standard InChI is InChI=1S/C15H20N4O4S/c1-10-8-13(11(2)23-10)14(20)19-6-4-12(5-7-19)24(21,22)15-17-16-9-18(15)3/h8-9,12H,4-7H2,1-3H3. The van der Waals surface area contributed by atoms with Gasteiger partial charge in [0, 0.05) is 20.1 Å². The van der Waals surface area contributed by atoms with Crippen molar-refractivity contribution >= 4 is 15.7 Å². The Morgan fingerprint density at radius 3 is 2.46 bits per heavy atom. The van der Waals surface area contributed by atoms with Crippen molar-refractivity contribution < 1.29 is 17.6 Å². The minimum atomic E-state index is -3.53. The van der Waals surface area contributed by atoms with Crippen LogP contribution >= 0.6 is 0 Å². The Balaban J connectivity index is 1.71. The van der Waals surface area contributed by atoms with Crippen LogP contribution in [0, 0.1) is 13.8 Å². The van der Waals surface area contributed by atoms with Gasteiger partial charge in [-0.3, -0.25) is 4.79 Å². The molecule has 0 saturated carbocycles. The normalized spacial score (nSPS) is 16.5. The highest BCUT2D eigenvalue weighted by atomic mass is 32.2. The van der Waals surface area contributed by atoms with Crippen molar-refractivity contribution in [1.82, 2.24) is 19.7 Å². The summed E-state index contributed by atoms with van der Waals surface area (Å²) in [5.41, 5.74) is 0.544. The van der Waals surface area contributed by atoms with Crippen molar-refractivity contribution in [1.29, 1.82) is 0 Å². The summed E-state index contributed by atoms with van der Waals surface area (Å²) in [6, 6.07) is 1.72. The number of carbonyl (C=O) groups is 1. The van der Waals surface area contributed by atoms with Gasteiger partial charge in [-0.1, -0.05) is 0 Å². The van der Waals surface area contributed by atoms with E-state index in [2.05, 4.69) is 10.2 Å². The second kappa shape index (κ2) is 6.04. The number of hydrogen-bond donors (Lipinski definition) is 0. The van der Waals surface area contributed by atoms with E-state index in [9.17, 15) is 13.2 Å². The molecule has 2 aromatic heterocycles. The number of sulfone groups is 1. The summed E-state index contributed by atoms with van der Waals surface area (Å²) in [5.74, 6) is 1.17. The zero-order valence-corrected chi connectivity index (χ0v) is 14.7. The molecule has 3 rings (SSSR count). The first-order valence-electron chi connectivity index (χ1n) is 7.75. The molecule has 0 unspecified atom stereocenters. The topological polar surface area (TPSA) is 98.3 Å². The molecule has 0 N–H and O–H groups in total. The molecule has 2 aromatic rings. The number of aryl methyl sites for hydroxylation is 3. The molecule has 1 amide bonds. The van der Waals surface area contributed by atoms with Gasteiger partial charge < -0.3 is 13.9 Å². The van der Waals surface area contributed by atoms with Crippen LogP contribution in [0.1, 0.15) is 34.7 Å². The minimum absolute atomic E-state index is 0.0198. The zero-order valence-electron chi connectivity index (χ0n) is 13.9. The fraction of sp³-hybridized carbons (Fsp3) is 0.533. The Morgan fingerprint density at radius 1 is 1.29 bits per heavy atom. The van der Waals surface area contributed by atoms with Crippen molar-refractivity contribution in [2.45, 2.75) is 37.1 Å². The van der Waals surface area contributed by atoms with Crippen molar-refractivity contribution in [2.24, 2.45) is 7.05 Å². The van der Waals surface area contributed by atoms with Crippen molar-refractivity contribution in [3.63, 3.8) is 0 Å². The molecule has 1 saturated heterocycles. The van der Waals surface area contributed by atoms with E-state index in [1.165, 1.54) is 10.9 Å². The van der Waals surface area contributed by atoms with E-state index in [4.69, 9.17) is 4.42 Å². The van der Waals surface area contributed by atoms with E-state index in [-0.39, 0.29) is 11.1 Å². The van der Waals surface area contributed by atoms with Crippen LogP contribution in [-0.2, 0) is 16.9 Å². The molecule has 0 radical (unpaired) electrons. The van der Waals surface area contributed by atoms with Crippen molar-refractivity contribution in [3.05, 3.63) is 29.5 Å². The van der Waals surface area contributed by atoms with Crippen LogP contribution in [0.5, 0.6) is 0 Å². The average molecular weight is 352 g/mol. The van der Waals surface area contributed by atoms with Gasteiger partial charge in [-0.15, -0.1) is 10.2 Å². The monoisotopic (exact) mass is 352 g/mol. The third-order valence-electron chi connectivity index (χ3n) is 4.36. The molecule has 1 aliphatic heterocycles. The van der Waals surface area contributed by atoms with Crippen LogP contribution in [0.2, 0.25) is 0 Å². The van der Waals surface area contributed by atoms with Gasteiger partial charge in [-0.05, 0) is 32.8 Å².